The molecule has 0 bridgehead atoms. The number of anilines is 1. The number of amides is 1. The van der Waals surface area contributed by atoms with Gasteiger partial charge >= 0.3 is 0 Å². The maximum absolute atomic E-state index is 13.1. The number of nitrogens with one attached hydrogen (secondary N) is 1. The lowest BCUT2D eigenvalue weighted by Gasteiger charge is -2.07. The van der Waals surface area contributed by atoms with Crippen molar-refractivity contribution in [1.82, 2.24) is 0 Å². The van der Waals surface area contributed by atoms with Crippen molar-refractivity contribution in [3.05, 3.63) is 65.5 Å². The molecule has 0 fully saturated rings. The molecule has 2 nitrogen and oxygen atoms in total. The van der Waals surface area contributed by atoms with E-state index in [1.54, 1.807) is 6.07 Å². The van der Waals surface area contributed by atoms with Gasteiger partial charge in [-0.2, -0.15) is 0 Å². The summed E-state index contributed by atoms with van der Waals surface area (Å²) in [6, 6.07) is 13.4. The fourth-order valence-electron chi connectivity index (χ4n) is 1.91. The summed E-state index contributed by atoms with van der Waals surface area (Å²) in [7, 11) is 0. The number of hydrogen-bond acceptors (Lipinski definition) is 1. The van der Waals surface area contributed by atoms with Crippen molar-refractivity contribution in [1.29, 1.82) is 0 Å². The standard InChI is InChI=1S/C16H15BrFNO/c17-9-3-5-12-4-1-8-15(10-12)19-16(20)13-6-2-7-14(18)11-13/h1-2,4,6-8,10-11H,3,5,9H2,(H,19,20). The van der Waals surface area contributed by atoms with Crippen molar-refractivity contribution < 1.29 is 9.18 Å². The van der Waals surface area contributed by atoms with Crippen LogP contribution in [0.2, 0.25) is 0 Å². The lowest BCUT2D eigenvalue weighted by molar-refractivity contribution is 0.102. The molecule has 104 valence electrons. The zero-order valence-corrected chi connectivity index (χ0v) is 12.5. The number of carbonyl (C=O) groups excluding carboxylic acids is 1. The Kier molecular flexibility index (Phi) is 5.30. The van der Waals surface area contributed by atoms with Crippen LogP contribution < -0.4 is 5.32 Å². The Balaban J connectivity index is 2.07. The van der Waals surface area contributed by atoms with Crippen LogP contribution in [-0.4, -0.2) is 11.2 Å². The van der Waals surface area contributed by atoms with E-state index in [-0.39, 0.29) is 5.91 Å². The van der Waals surface area contributed by atoms with E-state index >= 15 is 0 Å². The highest BCUT2D eigenvalue weighted by molar-refractivity contribution is 9.09. The molecule has 0 spiro atoms. The van der Waals surface area contributed by atoms with Crippen LogP contribution in [0.5, 0.6) is 0 Å². The van der Waals surface area contributed by atoms with Crippen molar-refractivity contribution in [2.75, 3.05) is 10.6 Å². The van der Waals surface area contributed by atoms with Crippen molar-refractivity contribution in [3.63, 3.8) is 0 Å². The number of halogens is 2. The van der Waals surface area contributed by atoms with E-state index in [0.717, 1.165) is 23.9 Å². The van der Waals surface area contributed by atoms with E-state index in [1.165, 1.54) is 23.8 Å². The number of alkyl halides is 1. The molecule has 20 heavy (non-hydrogen) atoms. The Hall–Kier alpha value is -1.68. The summed E-state index contributed by atoms with van der Waals surface area (Å²) < 4.78 is 13.1. The largest absolute Gasteiger partial charge is 0.322 e. The molecule has 0 aromatic heterocycles. The predicted molar refractivity (Wildman–Crippen MR) is 82.9 cm³/mol. The van der Waals surface area contributed by atoms with Gasteiger partial charge in [0, 0.05) is 16.6 Å². The molecule has 0 atom stereocenters. The van der Waals surface area contributed by atoms with Crippen LogP contribution in [0.3, 0.4) is 0 Å². The third kappa shape index (κ3) is 4.17. The van der Waals surface area contributed by atoms with E-state index in [9.17, 15) is 9.18 Å². The van der Waals surface area contributed by atoms with Crippen LogP contribution in [0.25, 0.3) is 0 Å². The molecule has 0 saturated carbocycles. The van der Waals surface area contributed by atoms with E-state index in [0.29, 0.717) is 5.56 Å². The van der Waals surface area contributed by atoms with Crippen LogP contribution in [0.1, 0.15) is 22.3 Å². The van der Waals surface area contributed by atoms with Gasteiger partial charge in [-0.25, -0.2) is 4.39 Å². The van der Waals surface area contributed by atoms with E-state index in [4.69, 9.17) is 0 Å². The molecule has 2 aromatic carbocycles. The van der Waals surface area contributed by atoms with Gasteiger partial charge < -0.3 is 5.32 Å². The Morgan fingerprint density at radius 3 is 2.70 bits per heavy atom. The minimum Gasteiger partial charge on any atom is -0.322 e. The molecule has 0 heterocycles. The third-order valence-corrected chi connectivity index (χ3v) is 3.43. The quantitative estimate of drug-likeness (QED) is 0.806. The molecule has 1 N–H and O–H groups in total. The fraction of sp³-hybridized carbons (Fsp3) is 0.188. The number of carbonyl (C=O) groups is 1. The van der Waals surface area contributed by atoms with Gasteiger partial charge in [-0.3, -0.25) is 4.79 Å². The van der Waals surface area contributed by atoms with Gasteiger partial charge in [0.25, 0.3) is 5.91 Å². The first-order valence-corrected chi connectivity index (χ1v) is 7.53. The first-order chi connectivity index (χ1) is 9.69. The molecule has 1 amide bonds. The Labute approximate surface area is 126 Å². The summed E-state index contributed by atoms with van der Waals surface area (Å²) in [6.07, 6.45) is 2.00. The maximum atomic E-state index is 13.1. The van der Waals surface area contributed by atoms with E-state index < -0.39 is 5.82 Å². The van der Waals surface area contributed by atoms with Gasteiger partial charge in [0.2, 0.25) is 0 Å². The Morgan fingerprint density at radius 1 is 1.15 bits per heavy atom. The number of hydrogen-bond donors (Lipinski definition) is 1. The lowest BCUT2D eigenvalue weighted by Crippen LogP contribution is -2.12. The van der Waals surface area contributed by atoms with Gasteiger partial charge in [-0.15, -0.1) is 0 Å². The first kappa shape index (κ1) is 14.7. The number of benzene rings is 2. The second-order valence-electron chi connectivity index (χ2n) is 4.46. The molecular weight excluding hydrogens is 321 g/mol. The third-order valence-electron chi connectivity index (χ3n) is 2.87. The Morgan fingerprint density at radius 2 is 1.95 bits per heavy atom. The van der Waals surface area contributed by atoms with Gasteiger partial charge in [-0.1, -0.05) is 34.1 Å². The normalized spacial score (nSPS) is 10.3. The van der Waals surface area contributed by atoms with Crippen LogP contribution in [0, 0.1) is 5.82 Å². The molecule has 2 aromatic rings. The zero-order valence-electron chi connectivity index (χ0n) is 10.9. The van der Waals surface area contributed by atoms with Crippen molar-refractivity contribution >= 4 is 27.5 Å². The minimum atomic E-state index is -0.413. The van der Waals surface area contributed by atoms with Gasteiger partial charge in [0.1, 0.15) is 5.82 Å². The summed E-state index contributed by atoms with van der Waals surface area (Å²) in [5, 5.41) is 3.74. The second kappa shape index (κ2) is 7.20. The minimum absolute atomic E-state index is 0.304. The average Bonchev–Trinajstić information content (AvgIpc) is 2.45. The molecule has 0 aliphatic heterocycles. The molecule has 0 saturated heterocycles. The monoisotopic (exact) mass is 335 g/mol. The molecule has 0 unspecified atom stereocenters. The second-order valence-corrected chi connectivity index (χ2v) is 5.25. The highest BCUT2D eigenvalue weighted by Crippen LogP contribution is 2.14. The van der Waals surface area contributed by atoms with Crippen LogP contribution >= 0.6 is 15.9 Å². The van der Waals surface area contributed by atoms with Crippen LogP contribution in [-0.2, 0) is 6.42 Å². The predicted octanol–water partition coefficient (Wildman–Crippen LogP) is 4.41. The number of rotatable bonds is 5. The topological polar surface area (TPSA) is 29.1 Å². The van der Waals surface area contributed by atoms with Crippen molar-refractivity contribution in [3.8, 4) is 0 Å². The highest BCUT2D eigenvalue weighted by atomic mass is 79.9. The summed E-state index contributed by atoms with van der Waals surface area (Å²) in [4.78, 5) is 12.0. The van der Waals surface area contributed by atoms with Crippen LogP contribution in [0.4, 0.5) is 10.1 Å². The Bertz CT molecular complexity index is 601. The SMILES string of the molecule is O=C(Nc1cccc(CCCBr)c1)c1cccc(F)c1. The number of aryl methyl sites for hydroxylation is 1. The highest BCUT2D eigenvalue weighted by Gasteiger charge is 2.07. The lowest BCUT2D eigenvalue weighted by atomic mass is 10.1. The summed E-state index contributed by atoms with van der Waals surface area (Å²) in [6.45, 7) is 0. The molecule has 0 aliphatic rings. The van der Waals surface area contributed by atoms with E-state index in [2.05, 4.69) is 21.2 Å². The maximum Gasteiger partial charge on any atom is 0.255 e. The summed E-state index contributed by atoms with van der Waals surface area (Å²) in [5.74, 6) is -0.717. The average molecular weight is 336 g/mol. The van der Waals surface area contributed by atoms with Crippen LogP contribution in [0.15, 0.2) is 48.5 Å². The van der Waals surface area contributed by atoms with E-state index in [1.807, 2.05) is 24.3 Å². The van der Waals surface area contributed by atoms with Crippen molar-refractivity contribution in [2.45, 2.75) is 12.8 Å². The smallest absolute Gasteiger partial charge is 0.255 e. The summed E-state index contributed by atoms with van der Waals surface area (Å²) >= 11 is 3.40. The van der Waals surface area contributed by atoms with Gasteiger partial charge in [0.15, 0.2) is 0 Å². The fourth-order valence-corrected chi connectivity index (χ4v) is 2.19. The zero-order chi connectivity index (χ0) is 14.4. The molecule has 0 aliphatic carbocycles. The van der Waals surface area contributed by atoms with Gasteiger partial charge in [0.05, 0.1) is 0 Å². The summed E-state index contributed by atoms with van der Waals surface area (Å²) in [5.41, 5.74) is 2.21. The van der Waals surface area contributed by atoms with Crippen molar-refractivity contribution in [2.24, 2.45) is 0 Å². The molecule has 2 rings (SSSR count). The molecule has 4 heteroatoms. The van der Waals surface area contributed by atoms with Gasteiger partial charge in [-0.05, 0) is 48.7 Å². The molecular formula is C16H15BrFNO. The first-order valence-electron chi connectivity index (χ1n) is 6.41. The molecule has 0 radical (unpaired) electrons.